The number of benzene rings is 1. The Hall–Kier alpha value is -2.23. The zero-order chi connectivity index (χ0) is 12.7. The molecule has 0 fully saturated rings. The average molecular weight is 243 g/mol. The van der Waals surface area contributed by atoms with E-state index in [1.54, 1.807) is 16.8 Å². The van der Waals surface area contributed by atoms with E-state index in [2.05, 4.69) is 11.1 Å². The van der Waals surface area contributed by atoms with Gasteiger partial charge in [0.05, 0.1) is 0 Å². The first kappa shape index (κ1) is 10.9. The molecule has 1 radical (unpaired) electrons. The maximum atomic E-state index is 13.9. The van der Waals surface area contributed by atoms with Crippen molar-refractivity contribution in [1.82, 2.24) is 9.38 Å². The van der Waals surface area contributed by atoms with E-state index in [9.17, 15) is 8.78 Å². The first-order valence-electron chi connectivity index (χ1n) is 5.46. The number of nitrogens with zero attached hydrogens (tertiary/aromatic N) is 2. The summed E-state index contributed by atoms with van der Waals surface area (Å²) in [6, 6.07) is 8.34. The molecule has 18 heavy (non-hydrogen) atoms. The molecule has 3 rings (SSSR count). The van der Waals surface area contributed by atoms with Gasteiger partial charge in [-0.1, -0.05) is 6.07 Å². The third-order valence-corrected chi connectivity index (χ3v) is 2.82. The van der Waals surface area contributed by atoms with Gasteiger partial charge in [-0.3, -0.25) is 0 Å². The van der Waals surface area contributed by atoms with E-state index in [0.29, 0.717) is 11.1 Å². The lowest BCUT2D eigenvalue weighted by Crippen LogP contribution is -1.93. The highest BCUT2D eigenvalue weighted by atomic mass is 19.1. The summed E-state index contributed by atoms with van der Waals surface area (Å²) >= 11 is 0. The number of hydrogen-bond donors (Lipinski definition) is 0. The van der Waals surface area contributed by atoms with E-state index >= 15 is 0 Å². The van der Waals surface area contributed by atoms with Gasteiger partial charge in [0.15, 0.2) is 11.5 Å². The molecule has 3 aromatic rings. The molecule has 4 heteroatoms. The van der Waals surface area contributed by atoms with Crippen LogP contribution in [-0.2, 0) is 0 Å². The summed E-state index contributed by atoms with van der Waals surface area (Å²) in [5, 5.41) is 0. The Morgan fingerprint density at radius 2 is 2.11 bits per heavy atom. The van der Waals surface area contributed by atoms with Crippen LogP contribution in [0.2, 0.25) is 0 Å². The van der Waals surface area contributed by atoms with Crippen molar-refractivity contribution in [2.45, 2.75) is 6.92 Å². The van der Waals surface area contributed by atoms with Gasteiger partial charge in [0.1, 0.15) is 5.82 Å². The summed E-state index contributed by atoms with van der Waals surface area (Å²) in [7, 11) is 0. The fraction of sp³-hybridized carbons (Fsp3) is 0.0714. The van der Waals surface area contributed by atoms with Crippen LogP contribution in [0.3, 0.4) is 0 Å². The topological polar surface area (TPSA) is 17.3 Å². The number of rotatable bonds is 1. The van der Waals surface area contributed by atoms with Crippen LogP contribution in [0.4, 0.5) is 8.78 Å². The van der Waals surface area contributed by atoms with Crippen LogP contribution in [0.15, 0.2) is 36.7 Å². The number of halogens is 2. The lowest BCUT2D eigenvalue weighted by molar-refractivity contribution is 0.626. The van der Waals surface area contributed by atoms with E-state index in [1.165, 1.54) is 24.3 Å². The number of pyridine rings is 1. The normalized spacial score (nSPS) is 11.1. The minimum Gasteiger partial charge on any atom is -0.301 e. The Balaban J connectivity index is 2.27. The Morgan fingerprint density at radius 3 is 2.89 bits per heavy atom. The minimum absolute atomic E-state index is 0.271. The SMILES string of the molecule is Cc1cnc2c(F)cc(-c3[c]ccc(F)c3)cn12. The van der Waals surface area contributed by atoms with E-state index in [0.717, 1.165) is 5.69 Å². The quantitative estimate of drug-likeness (QED) is 0.640. The molecular formula is C14H9F2N2. The largest absolute Gasteiger partial charge is 0.301 e. The first-order chi connectivity index (χ1) is 8.65. The molecule has 0 bridgehead atoms. The van der Waals surface area contributed by atoms with Crippen LogP contribution in [0.25, 0.3) is 16.8 Å². The fourth-order valence-corrected chi connectivity index (χ4v) is 1.92. The Morgan fingerprint density at radius 1 is 1.28 bits per heavy atom. The summed E-state index contributed by atoms with van der Waals surface area (Å²) in [6.07, 6.45) is 3.32. The summed E-state index contributed by atoms with van der Waals surface area (Å²) < 4.78 is 28.7. The van der Waals surface area contributed by atoms with Crippen molar-refractivity contribution in [2.24, 2.45) is 0 Å². The Labute approximate surface area is 103 Å². The van der Waals surface area contributed by atoms with Gasteiger partial charge in [0.2, 0.25) is 0 Å². The average Bonchev–Trinajstić information content (AvgIpc) is 2.72. The second kappa shape index (κ2) is 3.91. The highest BCUT2D eigenvalue weighted by Crippen LogP contribution is 2.23. The van der Waals surface area contributed by atoms with Crippen molar-refractivity contribution >= 4 is 5.65 Å². The van der Waals surface area contributed by atoms with Crippen molar-refractivity contribution in [3.63, 3.8) is 0 Å². The molecule has 0 aliphatic carbocycles. The molecule has 0 aliphatic rings. The maximum Gasteiger partial charge on any atom is 0.173 e. The van der Waals surface area contributed by atoms with E-state index in [1.807, 2.05) is 6.92 Å². The fourth-order valence-electron chi connectivity index (χ4n) is 1.92. The van der Waals surface area contributed by atoms with Gasteiger partial charge >= 0.3 is 0 Å². The number of imidazole rings is 1. The monoisotopic (exact) mass is 243 g/mol. The highest BCUT2D eigenvalue weighted by molar-refractivity contribution is 5.64. The maximum absolute atomic E-state index is 13.9. The third-order valence-electron chi connectivity index (χ3n) is 2.82. The van der Waals surface area contributed by atoms with Crippen LogP contribution >= 0.6 is 0 Å². The van der Waals surface area contributed by atoms with E-state index < -0.39 is 5.82 Å². The van der Waals surface area contributed by atoms with Gasteiger partial charge in [0.25, 0.3) is 0 Å². The Kier molecular flexibility index (Phi) is 2.37. The van der Waals surface area contributed by atoms with Gasteiger partial charge in [0, 0.05) is 23.7 Å². The van der Waals surface area contributed by atoms with Crippen molar-refractivity contribution in [1.29, 1.82) is 0 Å². The number of aromatic nitrogens is 2. The molecule has 2 heterocycles. The zero-order valence-corrected chi connectivity index (χ0v) is 9.61. The van der Waals surface area contributed by atoms with Gasteiger partial charge < -0.3 is 4.40 Å². The van der Waals surface area contributed by atoms with Gasteiger partial charge in [-0.2, -0.15) is 0 Å². The van der Waals surface area contributed by atoms with Crippen LogP contribution in [-0.4, -0.2) is 9.38 Å². The first-order valence-corrected chi connectivity index (χ1v) is 5.46. The Bertz CT molecular complexity index is 732. The molecule has 2 aromatic heterocycles. The van der Waals surface area contributed by atoms with Crippen LogP contribution in [0, 0.1) is 24.6 Å². The summed E-state index contributed by atoms with van der Waals surface area (Å²) in [5.41, 5.74) is 2.18. The van der Waals surface area contributed by atoms with Gasteiger partial charge in [-0.25, -0.2) is 13.8 Å². The van der Waals surface area contributed by atoms with Crippen molar-refractivity contribution in [3.05, 3.63) is 60.1 Å². The molecule has 0 saturated carbocycles. The molecule has 1 aromatic carbocycles. The number of hydrogen-bond acceptors (Lipinski definition) is 1. The standard InChI is InChI=1S/C14H9F2N2/c1-9-7-17-14-13(16)6-11(8-18(9)14)10-3-2-4-12(15)5-10/h2,4-8H,1H3. The summed E-state index contributed by atoms with van der Waals surface area (Å²) in [6.45, 7) is 1.83. The smallest absolute Gasteiger partial charge is 0.173 e. The number of aryl methyl sites for hydroxylation is 1. The molecule has 0 N–H and O–H groups in total. The lowest BCUT2D eigenvalue weighted by atomic mass is 10.1. The summed E-state index contributed by atoms with van der Waals surface area (Å²) in [4.78, 5) is 3.97. The van der Waals surface area contributed by atoms with Crippen molar-refractivity contribution < 1.29 is 8.78 Å². The molecule has 0 saturated heterocycles. The van der Waals surface area contributed by atoms with Crippen LogP contribution in [0.1, 0.15) is 5.69 Å². The second-order valence-corrected chi connectivity index (χ2v) is 4.09. The van der Waals surface area contributed by atoms with Crippen molar-refractivity contribution in [2.75, 3.05) is 0 Å². The molecule has 89 valence electrons. The summed E-state index contributed by atoms with van der Waals surface area (Å²) in [5.74, 6) is -0.801. The molecule has 0 unspecified atom stereocenters. The molecule has 0 amide bonds. The molecule has 2 nitrogen and oxygen atoms in total. The lowest BCUT2D eigenvalue weighted by Gasteiger charge is -2.05. The van der Waals surface area contributed by atoms with Gasteiger partial charge in [-0.15, -0.1) is 0 Å². The van der Waals surface area contributed by atoms with E-state index in [-0.39, 0.29) is 11.5 Å². The second-order valence-electron chi connectivity index (χ2n) is 4.09. The van der Waals surface area contributed by atoms with E-state index in [4.69, 9.17) is 0 Å². The molecule has 0 atom stereocenters. The van der Waals surface area contributed by atoms with Gasteiger partial charge in [-0.05, 0) is 36.8 Å². The number of fused-ring (bicyclic) bond motifs is 1. The third kappa shape index (κ3) is 1.66. The minimum atomic E-state index is -0.432. The predicted octanol–water partition coefficient (Wildman–Crippen LogP) is 3.39. The molecule has 0 spiro atoms. The van der Waals surface area contributed by atoms with Crippen LogP contribution < -0.4 is 0 Å². The molecule has 0 aliphatic heterocycles. The predicted molar refractivity (Wildman–Crippen MR) is 64.1 cm³/mol. The van der Waals surface area contributed by atoms with Crippen molar-refractivity contribution in [3.8, 4) is 11.1 Å². The molecular weight excluding hydrogens is 234 g/mol. The van der Waals surface area contributed by atoms with Crippen LogP contribution in [0.5, 0.6) is 0 Å². The zero-order valence-electron chi connectivity index (χ0n) is 9.61. The highest BCUT2D eigenvalue weighted by Gasteiger charge is 2.09.